The highest BCUT2D eigenvalue weighted by atomic mass is 31.2. The van der Waals surface area contributed by atoms with Crippen molar-refractivity contribution in [2.24, 2.45) is 11.8 Å². The molecule has 0 aromatic rings. The molecule has 0 amide bonds. The van der Waals surface area contributed by atoms with Gasteiger partial charge >= 0.3 is 39.5 Å². The quantitative estimate of drug-likeness (QED) is 0.0222. The predicted octanol–water partition coefficient (Wildman–Crippen LogP) is 19.6. The molecule has 0 aromatic heterocycles. The van der Waals surface area contributed by atoms with E-state index >= 15 is 0 Å². The molecule has 0 spiro atoms. The van der Waals surface area contributed by atoms with Gasteiger partial charge in [-0.1, -0.05) is 298 Å². The number of aliphatic hydroxyl groups excluding tert-OH is 1. The Labute approximate surface area is 537 Å². The molecule has 88 heavy (non-hydrogen) atoms. The van der Waals surface area contributed by atoms with Crippen LogP contribution in [0, 0.1) is 11.8 Å². The number of aliphatic hydroxyl groups is 1. The number of phosphoric acid groups is 2. The number of hydrogen-bond acceptors (Lipinski definition) is 15. The Bertz CT molecular complexity index is 1720. The molecule has 3 N–H and O–H groups in total. The minimum absolute atomic E-state index is 0.104. The first-order valence-corrected chi connectivity index (χ1v) is 39.0. The summed E-state index contributed by atoms with van der Waals surface area (Å²) in [4.78, 5) is 72.2. The van der Waals surface area contributed by atoms with Crippen molar-refractivity contribution in [1.82, 2.24) is 0 Å². The average Bonchev–Trinajstić information content (AvgIpc) is 3.62. The highest BCUT2D eigenvalue weighted by molar-refractivity contribution is 7.47. The fourth-order valence-corrected chi connectivity index (χ4v) is 12.0. The molecule has 0 saturated heterocycles. The molecule has 0 aliphatic heterocycles. The maximum Gasteiger partial charge on any atom is 0.472 e. The Kier molecular flexibility index (Phi) is 59.9. The molecule has 0 radical (unpaired) electrons. The summed E-state index contributed by atoms with van der Waals surface area (Å²) in [5, 5.41) is 10.5. The van der Waals surface area contributed by atoms with Crippen molar-refractivity contribution in [3.8, 4) is 0 Å². The number of carbonyl (C=O) groups excluding carboxylic acids is 4. The van der Waals surface area contributed by atoms with E-state index in [4.69, 9.17) is 37.0 Å². The maximum absolute atomic E-state index is 13.0. The Morgan fingerprint density at radius 2 is 0.580 bits per heavy atom. The first kappa shape index (κ1) is 86.1. The van der Waals surface area contributed by atoms with Crippen molar-refractivity contribution in [2.75, 3.05) is 39.6 Å². The van der Waals surface area contributed by atoms with Crippen molar-refractivity contribution in [1.29, 1.82) is 0 Å². The van der Waals surface area contributed by atoms with Gasteiger partial charge in [0.2, 0.25) is 0 Å². The van der Waals surface area contributed by atoms with E-state index in [9.17, 15) is 43.2 Å². The third-order valence-electron chi connectivity index (χ3n) is 16.3. The van der Waals surface area contributed by atoms with Crippen LogP contribution in [0.25, 0.3) is 0 Å². The lowest BCUT2D eigenvalue weighted by Crippen LogP contribution is -2.30. The van der Waals surface area contributed by atoms with Crippen molar-refractivity contribution in [3.05, 3.63) is 0 Å². The molecule has 6 atom stereocenters. The number of hydrogen-bond donors (Lipinski definition) is 3. The summed E-state index contributed by atoms with van der Waals surface area (Å²) in [6.45, 7) is 9.44. The largest absolute Gasteiger partial charge is 0.472 e. The van der Waals surface area contributed by atoms with Gasteiger partial charge in [-0.2, -0.15) is 0 Å². The van der Waals surface area contributed by atoms with E-state index in [0.717, 1.165) is 108 Å². The van der Waals surface area contributed by atoms with Gasteiger partial charge in [-0.25, -0.2) is 9.13 Å². The van der Waals surface area contributed by atoms with Crippen molar-refractivity contribution < 1.29 is 80.2 Å². The van der Waals surface area contributed by atoms with Gasteiger partial charge in [0.25, 0.3) is 0 Å². The summed E-state index contributed by atoms with van der Waals surface area (Å²) < 4.78 is 68.0. The minimum atomic E-state index is -4.95. The van der Waals surface area contributed by atoms with E-state index in [1.165, 1.54) is 161 Å². The molecule has 19 heteroatoms. The predicted molar refractivity (Wildman–Crippen MR) is 354 cm³/mol. The van der Waals surface area contributed by atoms with E-state index in [1.54, 1.807) is 0 Å². The lowest BCUT2D eigenvalue weighted by atomic mass is 9.99. The van der Waals surface area contributed by atoms with Gasteiger partial charge in [-0.3, -0.25) is 37.3 Å². The van der Waals surface area contributed by atoms with E-state index in [1.807, 2.05) is 0 Å². The lowest BCUT2D eigenvalue weighted by Gasteiger charge is -2.21. The van der Waals surface area contributed by atoms with Crippen LogP contribution in [0.1, 0.15) is 350 Å². The first-order chi connectivity index (χ1) is 42.4. The molecule has 522 valence electrons. The zero-order valence-electron chi connectivity index (χ0n) is 57.0. The molecule has 0 fully saturated rings. The van der Waals surface area contributed by atoms with Crippen LogP contribution in [0.3, 0.4) is 0 Å². The number of ether oxygens (including phenoxy) is 4. The van der Waals surface area contributed by atoms with Gasteiger partial charge in [0, 0.05) is 25.7 Å². The third-order valence-corrected chi connectivity index (χ3v) is 18.2. The van der Waals surface area contributed by atoms with E-state index in [2.05, 4.69) is 41.5 Å². The molecule has 0 aliphatic rings. The number of esters is 4. The standard InChI is InChI=1S/C69H134O17P2/c1-7-10-12-14-15-16-17-18-19-20-21-22-23-24-29-35-41-47-53-68(73)86-65(58-80-67(72)52-46-40-34-28-26-25-27-33-39-44-50-62(6)9-3)60-84-88(77,78)82-56-63(70)55-81-87(75,76)83-59-64(57-79-66(71)51-45-37-13-11-8-2)85-69(74)54-48-42-36-31-30-32-38-43-49-61(4)5/h61-65,70H,7-60H2,1-6H3,(H,75,76)(H,77,78)/t62?,63-,64+,65+/m0/s1. The lowest BCUT2D eigenvalue weighted by molar-refractivity contribution is -0.161. The van der Waals surface area contributed by atoms with E-state index < -0.39 is 97.5 Å². The van der Waals surface area contributed by atoms with Crippen LogP contribution in [-0.4, -0.2) is 96.7 Å². The molecule has 0 saturated carbocycles. The van der Waals surface area contributed by atoms with Crippen molar-refractivity contribution in [3.63, 3.8) is 0 Å². The number of carbonyl (C=O) groups is 4. The van der Waals surface area contributed by atoms with E-state index in [0.29, 0.717) is 25.7 Å². The Morgan fingerprint density at radius 3 is 0.864 bits per heavy atom. The summed E-state index contributed by atoms with van der Waals surface area (Å²) >= 11 is 0. The molecule has 17 nitrogen and oxygen atoms in total. The van der Waals surface area contributed by atoms with Crippen LogP contribution in [-0.2, 0) is 65.4 Å². The average molecular weight is 1300 g/mol. The Hall–Kier alpha value is -1.94. The molecule has 0 aromatic carbocycles. The van der Waals surface area contributed by atoms with Crippen LogP contribution >= 0.6 is 15.6 Å². The van der Waals surface area contributed by atoms with Crippen LogP contribution < -0.4 is 0 Å². The minimum Gasteiger partial charge on any atom is -0.462 e. The second kappa shape index (κ2) is 61.3. The second-order valence-corrected chi connectivity index (χ2v) is 28.5. The summed E-state index contributed by atoms with van der Waals surface area (Å²) in [5.74, 6) is -0.610. The van der Waals surface area contributed by atoms with Gasteiger partial charge in [-0.05, 0) is 37.5 Å². The SMILES string of the molecule is CCCCCCCCCCCCCCCCCCCCC(=O)O[C@H](COC(=O)CCCCCCCCCCCCC(C)CC)COP(=O)(O)OC[C@@H](O)COP(=O)(O)OC[C@@H](COC(=O)CCCCCCC)OC(=O)CCCCCCCCCCC(C)C. The summed E-state index contributed by atoms with van der Waals surface area (Å²) in [7, 11) is -9.89. The summed E-state index contributed by atoms with van der Waals surface area (Å²) in [5.41, 5.74) is 0. The van der Waals surface area contributed by atoms with E-state index in [-0.39, 0.29) is 25.7 Å². The van der Waals surface area contributed by atoms with Crippen LogP contribution in [0.2, 0.25) is 0 Å². The van der Waals surface area contributed by atoms with Gasteiger partial charge in [0.1, 0.15) is 19.3 Å². The fraction of sp³-hybridized carbons (Fsp3) is 0.942. The zero-order valence-corrected chi connectivity index (χ0v) is 58.8. The smallest absolute Gasteiger partial charge is 0.462 e. The number of rotatable bonds is 68. The maximum atomic E-state index is 13.0. The molecular formula is C69H134O17P2. The van der Waals surface area contributed by atoms with Gasteiger partial charge in [-0.15, -0.1) is 0 Å². The van der Waals surface area contributed by atoms with Crippen molar-refractivity contribution in [2.45, 2.75) is 368 Å². The second-order valence-electron chi connectivity index (χ2n) is 25.6. The summed E-state index contributed by atoms with van der Waals surface area (Å²) in [6, 6.07) is 0. The first-order valence-electron chi connectivity index (χ1n) is 36.0. The number of phosphoric ester groups is 2. The van der Waals surface area contributed by atoms with Crippen LogP contribution in [0.4, 0.5) is 0 Å². The Balaban J connectivity index is 5.16. The molecular weight excluding hydrogens is 1160 g/mol. The highest BCUT2D eigenvalue weighted by Crippen LogP contribution is 2.45. The highest BCUT2D eigenvalue weighted by Gasteiger charge is 2.30. The third kappa shape index (κ3) is 61.6. The summed E-state index contributed by atoms with van der Waals surface area (Å²) in [6.07, 6.45) is 46.2. The molecule has 0 rings (SSSR count). The Morgan fingerprint density at radius 1 is 0.330 bits per heavy atom. The molecule has 0 aliphatic carbocycles. The van der Waals surface area contributed by atoms with Gasteiger partial charge in [0.15, 0.2) is 12.2 Å². The topological polar surface area (TPSA) is 237 Å². The van der Waals surface area contributed by atoms with Gasteiger partial charge in [0.05, 0.1) is 26.4 Å². The molecule has 0 heterocycles. The van der Waals surface area contributed by atoms with Crippen LogP contribution in [0.5, 0.6) is 0 Å². The number of unbranched alkanes of at least 4 members (excludes halogenated alkanes) is 37. The normalized spacial score (nSPS) is 14.5. The fourth-order valence-electron chi connectivity index (χ4n) is 10.4. The van der Waals surface area contributed by atoms with Crippen molar-refractivity contribution >= 4 is 39.5 Å². The van der Waals surface area contributed by atoms with Crippen LogP contribution in [0.15, 0.2) is 0 Å². The zero-order chi connectivity index (χ0) is 65.0. The van der Waals surface area contributed by atoms with Gasteiger partial charge < -0.3 is 33.8 Å². The molecule has 0 bridgehead atoms. The molecule has 3 unspecified atom stereocenters. The monoisotopic (exact) mass is 1300 g/mol.